The van der Waals surface area contributed by atoms with Gasteiger partial charge in [0.05, 0.1) is 17.1 Å². The molecule has 0 aromatic rings. The summed E-state index contributed by atoms with van der Waals surface area (Å²) >= 11 is 0. The average molecular weight is 278 g/mol. The van der Waals surface area contributed by atoms with Crippen LogP contribution in [0, 0.1) is 16.7 Å². The first-order chi connectivity index (χ1) is 9.53. The van der Waals surface area contributed by atoms with Crippen molar-refractivity contribution in [3.8, 4) is 6.07 Å². The molecule has 0 aromatic heterocycles. The lowest BCUT2D eigenvalue weighted by Crippen LogP contribution is -2.55. The SMILES string of the molecule is CC(C)N1CCC(O)(C2(C#N)CCCCCCC2)CC1. The lowest BCUT2D eigenvalue weighted by molar-refractivity contribution is -0.109. The van der Waals surface area contributed by atoms with Gasteiger partial charge in [0, 0.05) is 19.1 Å². The third-order valence-corrected chi connectivity index (χ3v) is 5.67. The normalized spacial score (nSPS) is 27.6. The molecular formula is C17H30N2O. The lowest BCUT2D eigenvalue weighted by atomic mass is 9.62. The van der Waals surface area contributed by atoms with Gasteiger partial charge in [0.25, 0.3) is 0 Å². The third kappa shape index (κ3) is 3.02. The van der Waals surface area contributed by atoms with Crippen molar-refractivity contribution in [2.45, 2.75) is 83.3 Å². The molecule has 0 unspecified atom stereocenters. The van der Waals surface area contributed by atoms with Crippen LogP contribution in [0.2, 0.25) is 0 Å². The number of aliphatic hydroxyl groups is 1. The summed E-state index contributed by atoms with van der Waals surface area (Å²) in [5.74, 6) is 0. The fourth-order valence-corrected chi connectivity index (χ4v) is 4.08. The molecule has 2 fully saturated rings. The molecule has 0 bridgehead atoms. The highest BCUT2D eigenvalue weighted by molar-refractivity contribution is 5.13. The highest BCUT2D eigenvalue weighted by Crippen LogP contribution is 2.47. The van der Waals surface area contributed by atoms with E-state index in [1.165, 1.54) is 19.3 Å². The topological polar surface area (TPSA) is 47.3 Å². The Morgan fingerprint density at radius 2 is 1.45 bits per heavy atom. The quantitative estimate of drug-likeness (QED) is 0.841. The molecule has 1 heterocycles. The number of piperidine rings is 1. The molecule has 0 spiro atoms. The van der Waals surface area contributed by atoms with E-state index in [1.807, 2.05) is 0 Å². The van der Waals surface area contributed by atoms with Crippen LogP contribution < -0.4 is 0 Å². The molecule has 2 rings (SSSR count). The van der Waals surface area contributed by atoms with Gasteiger partial charge in [0.2, 0.25) is 0 Å². The van der Waals surface area contributed by atoms with Gasteiger partial charge >= 0.3 is 0 Å². The fourth-order valence-electron chi connectivity index (χ4n) is 4.08. The fraction of sp³-hybridized carbons (Fsp3) is 0.941. The molecule has 1 N–H and O–H groups in total. The zero-order chi connectivity index (χ0) is 14.6. The van der Waals surface area contributed by atoms with Gasteiger partial charge in [0.15, 0.2) is 0 Å². The summed E-state index contributed by atoms with van der Waals surface area (Å²) in [4.78, 5) is 2.42. The minimum atomic E-state index is -0.759. The summed E-state index contributed by atoms with van der Waals surface area (Å²) < 4.78 is 0. The molecular weight excluding hydrogens is 248 g/mol. The minimum Gasteiger partial charge on any atom is -0.388 e. The number of hydrogen-bond donors (Lipinski definition) is 1. The van der Waals surface area contributed by atoms with Crippen LogP contribution in [0.1, 0.15) is 71.6 Å². The van der Waals surface area contributed by atoms with Crippen LogP contribution in [0.4, 0.5) is 0 Å². The summed E-state index contributed by atoms with van der Waals surface area (Å²) in [6.45, 7) is 6.27. The summed E-state index contributed by atoms with van der Waals surface area (Å²) in [5, 5.41) is 21.0. The zero-order valence-corrected chi connectivity index (χ0v) is 13.2. The molecule has 3 heteroatoms. The number of nitriles is 1. The molecule has 1 aliphatic heterocycles. The van der Waals surface area contributed by atoms with Crippen molar-refractivity contribution in [2.75, 3.05) is 13.1 Å². The van der Waals surface area contributed by atoms with E-state index in [0.717, 1.165) is 51.6 Å². The van der Waals surface area contributed by atoms with Gasteiger partial charge < -0.3 is 10.0 Å². The van der Waals surface area contributed by atoms with Gasteiger partial charge in [-0.3, -0.25) is 0 Å². The van der Waals surface area contributed by atoms with Crippen LogP contribution in [0.5, 0.6) is 0 Å². The molecule has 0 amide bonds. The molecule has 1 aliphatic carbocycles. The number of rotatable bonds is 2. The molecule has 0 atom stereocenters. The van der Waals surface area contributed by atoms with E-state index in [1.54, 1.807) is 0 Å². The standard InChI is InChI=1S/C17H30N2O/c1-15(2)19-12-10-17(20,11-13-19)16(14-18)8-6-4-3-5-7-9-16/h15,20H,3-13H2,1-2H3. The van der Waals surface area contributed by atoms with Crippen molar-refractivity contribution in [1.82, 2.24) is 4.90 Å². The van der Waals surface area contributed by atoms with Crippen molar-refractivity contribution < 1.29 is 5.11 Å². The van der Waals surface area contributed by atoms with Gasteiger partial charge in [0.1, 0.15) is 0 Å². The van der Waals surface area contributed by atoms with Crippen molar-refractivity contribution in [3.63, 3.8) is 0 Å². The maximum atomic E-state index is 11.2. The smallest absolute Gasteiger partial charge is 0.0861 e. The first-order valence-corrected chi connectivity index (χ1v) is 8.41. The molecule has 114 valence electrons. The Hall–Kier alpha value is -0.590. The summed E-state index contributed by atoms with van der Waals surface area (Å²) in [7, 11) is 0. The maximum Gasteiger partial charge on any atom is 0.0861 e. The number of likely N-dealkylation sites (tertiary alicyclic amines) is 1. The Morgan fingerprint density at radius 3 is 1.90 bits per heavy atom. The molecule has 1 saturated heterocycles. The van der Waals surface area contributed by atoms with Crippen LogP contribution in [0.15, 0.2) is 0 Å². The van der Waals surface area contributed by atoms with Crippen LogP contribution >= 0.6 is 0 Å². The maximum absolute atomic E-state index is 11.2. The van der Waals surface area contributed by atoms with Crippen LogP contribution in [-0.2, 0) is 0 Å². The van der Waals surface area contributed by atoms with Crippen molar-refractivity contribution >= 4 is 0 Å². The monoisotopic (exact) mass is 278 g/mol. The Labute approximate surface area is 124 Å². The van der Waals surface area contributed by atoms with E-state index >= 15 is 0 Å². The summed E-state index contributed by atoms with van der Waals surface area (Å²) in [6.07, 6.45) is 9.24. The van der Waals surface area contributed by atoms with E-state index in [0.29, 0.717) is 6.04 Å². The Balaban J connectivity index is 2.11. The Bertz CT molecular complexity index is 342. The van der Waals surface area contributed by atoms with E-state index in [2.05, 4.69) is 24.8 Å². The lowest BCUT2D eigenvalue weighted by Gasteiger charge is -2.49. The average Bonchev–Trinajstić information content (AvgIpc) is 2.39. The largest absolute Gasteiger partial charge is 0.388 e. The third-order valence-electron chi connectivity index (χ3n) is 5.67. The molecule has 20 heavy (non-hydrogen) atoms. The molecule has 1 saturated carbocycles. The second-order valence-corrected chi connectivity index (χ2v) is 7.12. The second kappa shape index (κ2) is 6.45. The van der Waals surface area contributed by atoms with Crippen LogP contribution in [0.25, 0.3) is 0 Å². The molecule has 0 aromatic carbocycles. The second-order valence-electron chi connectivity index (χ2n) is 7.12. The van der Waals surface area contributed by atoms with E-state index in [9.17, 15) is 10.4 Å². The van der Waals surface area contributed by atoms with E-state index in [4.69, 9.17) is 0 Å². The Kier molecular flexibility index (Phi) is 5.09. The minimum absolute atomic E-state index is 0.490. The summed E-state index contributed by atoms with van der Waals surface area (Å²) in [5.41, 5.74) is -1.25. The van der Waals surface area contributed by atoms with Crippen LogP contribution in [0.3, 0.4) is 0 Å². The van der Waals surface area contributed by atoms with Crippen molar-refractivity contribution in [1.29, 1.82) is 5.26 Å². The number of hydrogen-bond acceptors (Lipinski definition) is 3. The highest BCUT2D eigenvalue weighted by Gasteiger charge is 2.51. The molecule has 2 aliphatic rings. The van der Waals surface area contributed by atoms with Gasteiger partial charge in [-0.25, -0.2) is 0 Å². The van der Waals surface area contributed by atoms with Gasteiger partial charge in [-0.1, -0.05) is 32.1 Å². The van der Waals surface area contributed by atoms with Crippen molar-refractivity contribution in [3.05, 3.63) is 0 Å². The van der Waals surface area contributed by atoms with E-state index in [-0.39, 0.29) is 0 Å². The van der Waals surface area contributed by atoms with Crippen molar-refractivity contribution in [2.24, 2.45) is 5.41 Å². The predicted octanol–water partition coefficient (Wildman–Crippen LogP) is 3.48. The predicted molar refractivity (Wildman–Crippen MR) is 81.3 cm³/mol. The first-order valence-electron chi connectivity index (χ1n) is 8.41. The summed E-state index contributed by atoms with van der Waals surface area (Å²) in [6, 6.07) is 3.11. The van der Waals surface area contributed by atoms with Gasteiger partial charge in [-0.05, 0) is 39.5 Å². The zero-order valence-electron chi connectivity index (χ0n) is 13.2. The first kappa shape index (κ1) is 15.8. The van der Waals surface area contributed by atoms with Crippen LogP contribution in [-0.4, -0.2) is 34.7 Å². The van der Waals surface area contributed by atoms with E-state index < -0.39 is 11.0 Å². The van der Waals surface area contributed by atoms with Gasteiger partial charge in [-0.15, -0.1) is 0 Å². The molecule has 3 nitrogen and oxygen atoms in total. The highest BCUT2D eigenvalue weighted by atomic mass is 16.3. The molecule has 0 radical (unpaired) electrons. The number of nitrogens with zero attached hydrogens (tertiary/aromatic N) is 2. The van der Waals surface area contributed by atoms with Gasteiger partial charge in [-0.2, -0.15) is 5.26 Å². The Morgan fingerprint density at radius 1 is 0.950 bits per heavy atom.